The zero-order chi connectivity index (χ0) is 10.8. The summed E-state index contributed by atoms with van der Waals surface area (Å²) in [5, 5.41) is 0.869. The van der Waals surface area contributed by atoms with Gasteiger partial charge in [-0.15, -0.1) is 0 Å². The van der Waals surface area contributed by atoms with Gasteiger partial charge < -0.3 is 4.74 Å². The first kappa shape index (κ1) is 11.3. The smallest absolute Gasteiger partial charge is 0.162 e. The third-order valence-electron chi connectivity index (χ3n) is 1.56. The predicted molar refractivity (Wildman–Crippen MR) is 57.2 cm³/mol. The summed E-state index contributed by atoms with van der Waals surface area (Å²) >= 11 is 11.5. The van der Waals surface area contributed by atoms with Gasteiger partial charge in [0.25, 0.3) is 0 Å². The zero-order valence-corrected chi connectivity index (χ0v) is 9.39. The molecule has 0 unspecified atom stereocenters. The highest BCUT2D eigenvalue weighted by molar-refractivity contribution is 6.42. The van der Waals surface area contributed by atoms with Crippen LogP contribution >= 0.6 is 23.2 Å². The second-order valence-corrected chi connectivity index (χ2v) is 4.21. The molecule has 1 aromatic carbocycles. The van der Waals surface area contributed by atoms with Crippen LogP contribution in [0, 0.1) is 0 Å². The van der Waals surface area contributed by atoms with Crippen LogP contribution in [0.2, 0.25) is 10.0 Å². The molecule has 0 spiro atoms. The van der Waals surface area contributed by atoms with Gasteiger partial charge in [0.1, 0.15) is 5.75 Å². The predicted octanol–water partition coefficient (Wildman–Crippen LogP) is 3.35. The van der Waals surface area contributed by atoms with E-state index in [1.807, 2.05) is 0 Å². The van der Waals surface area contributed by atoms with E-state index in [4.69, 9.17) is 27.9 Å². The summed E-state index contributed by atoms with van der Waals surface area (Å²) in [6.07, 6.45) is 0.732. The number of hydrogen-bond acceptors (Lipinski definition) is 2. The number of aldehydes is 1. The molecule has 0 atom stereocenters. The largest absolute Gasteiger partial charge is 0.480 e. The lowest BCUT2D eigenvalue weighted by Gasteiger charge is -2.19. The lowest BCUT2D eigenvalue weighted by molar-refractivity contribution is -0.118. The minimum Gasteiger partial charge on any atom is -0.480 e. The van der Waals surface area contributed by atoms with Gasteiger partial charge in [0.2, 0.25) is 0 Å². The summed E-state index contributed by atoms with van der Waals surface area (Å²) < 4.78 is 5.38. The molecule has 1 rings (SSSR count). The Labute approximate surface area is 92.8 Å². The number of halogens is 2. The Balaban J connectivity index is 2.88. The molecule has 0 radical (unpaired) electrons. The first-order valence-electron chi connectivity index (χ1n) is 4.05. The van der Waals surface area contributed by atoms with Crippen molar-refractivity contribution in [3.63, 3.8) is 0 Å². The molecule has 14 heavy (non-hydrogen) atoms. The van der Waals surface area contributed by atoms with Gasteiger partial charge in [-0.2, -0.15) is 0 Å². The Morgan fingerprint density at radius 3 is 2.43 bits per heavy atom. The van der Waals surface area contributed by atoms with Gasteiger partial charge in [-0.25, -0.2) is 0 Å². The normalized spacial score (nSPS) is 11.1. The molecule has 1 aromatic rings. The Morgan fingerprint density at radius 1 is 1.29 bits per heavy atom. The summed E-state index contributed by atoms with van der Waals surface area (Å²) in [5.74, 6) is 0.525. The lowest BCUT2D eigenvalue weighted by Crippen LogP contribution is -2.29. The van der Waals surface area contributed by atoms with Gasteiger partial charge in [0.05, 0.1) is 10.0 Å². The zero-order valence-electron chi connectivity index (χ0n) is 7.88. The molecule has 0 amide bonds. The number of hydrogen-bond donors (Lipinski definition) is 0. The number of rotatable bonds is 3. The van der Waals surface area contributed by atoms with Crippen LogP contribution in [0.25, 0.3) is 0 Å². The summed E-state index contributed by atoms with van der Waals surface area (Å²) in [4.78, 5) is 10.6. The summed E-state index contributed by atoms with van der Waals surface area (Å²) in [6.45, 7) is 3.34. The van der Waals surface area contributed by atoms with Gasteiger partial charge in [-0.3, -0.25) is 4.79 Å². The molecule has 2 nitrogen and oxygen atoms in total. The van der Waals surface area contributed by atoms with E-state index in [9.17, 15) is 4.79 Å². The minimum absolute atomic E-state index is 0.408. The van der Waals surface area contributed by atoms with E-state index in [1.54, 1.807) is 32.0 Å². The van der Waals surface area contributed by atoms with Crippen molar-refractivity contribution in [3.05, 3.63) is 28.2 Å². The van der Waals surface area contributed by atoms with E-state index < -0.39 is 5.60 Å². The highest BCUT2D eigenvalue weighted by atomic mass is 35.5. The second kappa shape index (κ2) is 4.20. The van der Waals surface area contributed by atoms with Gasteiger partial charge in [-0.05, 0) is 26.0 Å². The topological polar surface area (TPSA) is 26.3 Å². The highest BCUT2D eigenvalue weighted by Crippen LogP contribution is 2.27. The monoisotopic (exact) mass is 232 g/mol. The molecule has 76 valence electrons. The minimum atomic E-state index is -0.850. The summed E-state index contributed by atoms with van der Waals surface area (Å²) in [6, 6.07) is 4.87. The van der Waals surface area contributed by atoms with E-state index >= 15 is 0 Å². The van der Waals surface area contributed by atoms with Crippen molar-refractivity contribution in [3.8, 4) is 5.75 Å². The maximum Gasteiger partial charge on any atom is 0.162 e. The number of ether oxygens (including phenoxy) is 1. The standard InChI is InChI=1S/C10H10Cl2O2/c1-10(2,6-13)14-7-3-4-8(11)9(12)5-7/h3-6H,1-2H3. The van der Waals surface area contributed by atoms with Crippen molar-refractivity contribution >= 4 is 29.5 Å². The molecule has 0 fully saturated rings. The van der Waals surface area contributed by atoms with Crippen LogP contribution in [0.5, 0.6) is 5.75 Å². The van der Waals surface area contributed by atoms with Gasteiger partial charge in [0.15, 0.2) is 11.9 Å². The van der Waals surface area contributed by atoms with Crippen LogP contribution < -0.4 is 4.74 Å². The van der Waals surface area contributed by atoms with E-state index in [-0.39, 0.29) is 0 Å². The van der Waals surface area contributed by atoms with Crippen molar-refractivity contribution in [2.45, 2.75) is 19.4 Å². The third kappa shape index (κ3) is 2.89. The molecule has 0 aliphatic heterocycles. The number of carbonyl (C=O) groups is 1. The maximum atomic E-state index is 10.6. The van der Waals surface area contributed by atoms with Crippen LogP contribution in [0.15, 0.2) is 18.2 Å². The fraction of sp³-hybridized carbons (Fsp3) is 0.300. The Bertz CT molecular complexity index is 348. The van der Waals surface area contributed by atoms with Crippen molar-refractivity contribution in [2.24, 2.45) is 0 Å². The number of benzene rings is 1. The quantitative estimate of drug-likeness (QED) is 0.748. The Morgan fingerprint density at radius 2 is 1.93 bits per heavy atom. The fourth-order valence-electron chi connectivity index (χ4n) is 0.868. The molecule has 0 saturated heterocycles. The van der Waals surface area contributed by atoms with Crippen LogP contribution in [-0.4, -0.2) is 11.9 Å². The van der Waals surface area contributed by atoms with Gasteiger partial charge in [-0.1, -0.05) is 23.2 Å². The number of carbonyl (C=O) groups excluding carboxylic acids is 1. The molecule has 0 saturated carbocycles. The van der Waals surface area contributed by atoms with Crippen molar-refractivity contribution < 1.29 is 9.53 Å². The molecule has 0 aromatic heterocycles. The average Bonchev–Trinajstić information content (AvgIpc) is 2.11. The average molecular weight is 233 g/mol. The molecule has 4 heteroatoms. The highest BCUT2D eigenvalue weighted by Gasteiger charge is 2.18. The SMILES string of the molecule is CC(C)(C=O)Oc1ccc(Cl)c(Cl)c1. The molecule has 0 N–H and O–H groups in total. The summed E-state index contributed by atoms with van der Waals surface area (Å²) in [5.41, 5.74) is -0.850. The Kier molecular flexibility index (Phi) is 3.40. The van der Waals surface area contributed by atoms with Gasteiger partial charge in [0, 0.05) is 6.07 Å². The van der Waals surface area contributed by atoms with E-state index in [2.05, 4.69) is 0 Å². The molecule has 0 aliphatic rings. The first-order valence-corrected chi connectivity index (χ1v) is 4.80. The van der Waals surface area contributed by atoms with E-state index in [1.165, 1.54) is 0 Å². The molecular weight excluding hydrogens is 223 g/mol. The van der Waals surface area contributed by atoms with Gasteiger partial charge >= 0.3 is 0 Å². The van der Waals surface area contributed by atoms with Crippen molar-refractivity contribution in [1.82, 2.24) is 0 Å². The maximum absolute atomic E-state index is 10.6. The van der Waals surface area contributed by atoms with Crippen molar-refractivity contribution in [2.75, 3.05) is 0 Å². The first-order chi connectivity index (χ1) is 6.44. The lowest BCUT2D eigenvalue weighted by atomic mass is 10.2. The third-order valence-corrected chi connectivity index (χ3v) is 2.29. The summed E-state index contributed by atoms with van der Waals surface area (Å²) in [7, 11) is 0. The van der Waals surface area contributed by atoms with Crippen LogP contribution in [0.1, 0.15) is 13.8 Å². The molecule has 0 heterocycles. The Hall–Kier alpha value is -0.730. The molecule has 0 aliphatic carbocycles. The molecular formula is C10H10Cl2O2. The van der Waals surface area contributed by atoms with E-state index in [0.717, 1.165) is 6.29 Å². The fourth-order valence-corrected chi connectivity index (χ4v) is 1.16. The van der Waals surface area contributed by atoms with Crippen molar-refractivity contribution in [1.29, 1.82) is 0 Å². The van der Waals surface area contributed by atoms with Crippen LogP contribution in [0.4, 0.5) is 0 Å². The molecule has 0 bridgehead atoms. The second-order valence-electron chi connectivity index (χ2n) is 3.40. The van der Waals surface area contributed by atoms with Crippen LogP contribution in [0.3, 0.4) is 0 Å². The van der Waals surface area contributed by atoms with Crippen LogP contribution in [-0.2, 0) is 4.79 Å². The van der Waals surface area contributed by atoms with E-state index in [0.29, 0.717) is 15.8 Å².